The number of ketones is 1. The summed E-state index contributed by atoms with van der Waals surface area (Å²) in [5.41, 5.74) is 0. The summed E-state index contributed by atoms with van der Waals surface area (Å²) in [7, 11) is 0. The fraction of sp³-hybridized carbons (Fsp3) is 0.824. The molecule has 0 aromatic carbocycles. The molecule has 1 heterocycles. The van der Waals surface area contributed by atoms with Crippen LogP contribution in [-0.2, 0) is 19.1 Å². The molecule has 2 amide bonds. The first kappa shape index (κ1) is 17.9. The molecule has 6 heteroatoms. The number of hydrogen-bond acceptors (Lipinski definition) is 5. The van der Waals surface area contributed by atoms with Crippen molar-refractivity contribution in [1.29, 1.82) is 0 Å². The van der Waals surface area contributed by atoms with E-state index in [0.717, 1.165) is 17.7 Å². The van der Waals surface area contributed by atoms with E-state index in [1.807, 2.05) is 0 Å². The Morgan fingerprint density at radius 2 is 2.04 bits per heavy atom. The molecule has 0 radical (unpaired) electrons. The Hall–Kier alpha value is -1.43. The lowest BCUT2D eigenvalue weighted by Crippen LogP contribution is -2.45. The Kier molecular flexibility index (Phi) is 5.79. The van der Waals surface area contributed by atoms with Gasteiger partial charge in [-0.05, 0) is 37.5 Å². The second kappa shape index (κ2) is 7.43. The van der Waals surface area contributed by atoms with Crippen molar-refractivity contribution in [3.63, 3.8) is 0 Å². The van der Waals surface area contributed by atoms with Crippen molar-refractivity contribution in [2.24, 2.45) is 17.8 Å². The predicted molar refractivity (Wildman–Crippen MR) is 83.7 cm³/mol. The maximum absolute atomic E-state index is 12.3. The molecule has 2 fully saturated rings. The van der Waals surface area contributed by atoms with Gasteiger partial charge in [-0.25, -0.2) is 9.69 Å². The predicted octanol–water partition coefficient (Wildman–Crippen LogP) is 2.40. The Bertz CT molecular complexity index is 476. The number of hydrogen-bond donors (Lipinski definition) is 0. The molecule has 2 aliphatic rings. The second-order valence-electron chi connectivity index (χ2n) is 7.14. The monoisotopic (exact) mass is 325 g/mol. The van der Waals surface area contributed by atoms with Gasteiger partial charge in [-0.3, -0.25) is 9.59 Å². The summed E-state index contributed by atoms with van der Waals surface area (Å²) in [5, 5.41) is 0. The number of imide groups is 1. The van der Waals surface area contributed by atoms with Crippen molar-refractivity contribution < 1.29 is 23.9 Å². The van der Waals surface area contributed by atoms with E-state index >= 15 is 0 Å². The SMILES string of the molecule is CC(=O)[C@@H]1COC(=O)N1C(=O)CO[C@@H]1C[C@H](C)CC[C@H]1C(C)C. The van der Waals surface area contributed by atoms with Gasteiger partial charge in [-0.1, -0.05) is 27.2 Å². The number of carbonyl (C=O) groups is 3. The molecular weight excluding hydrogens is 298 g/mol. The zero-order chi connectivity index (χ0) is 17.1. The van der Waals surface area contributed by atoms with Crippen LogP contribution < -0.4 is 0 Å². The molecule has 0 unspecified atom stereocenters. The fourth-order valence-corrected chi connectivity index (χ4v) is 3.55. The maximum atomic E-state index is 12.3. The van der Waals surface area contributed by atoms with Crippen LogP contribution in [0.25, 0.3) is 0 Å². The number of nitrogens with zero attached hydrogens (tertiary/aromatic N) is 1. The van der Waals surface area contributed by atoms with Crippen LogP contribution in [0.5, 0.6) is 0 Å². The normalized spacial score (nSPS) is 31.3. The van der Waals surface area contributed by atoms with Crippen molar-refractivity contribution in [2.45, 2.75) is 59.1 Å². The maximum Gasteiger partial charge on any atom is 0.417 e. The van der Waals surface area contributed by atoms with Crippen LogP contribution in [0.3, 0.4) is 0 Å². The van der Waals surface area contributed by atoms with Crippen LogP contribution in [0.15, 0.2) is 0 Å². The third-order valence-electron chi connectivity index (χ3n) is 4.99. The molecule has 23 heavy (non-hydrogen) atoms. The number of cyclic esters (lactones) is 1. The Morgan fingerprint density at radius 1 is 1.35 bits per heavy atom. The molecule has 6 nitrogen and oxygen atoms in total. The molecule has 1 saturated heterocycles. The molecular formula is C17H27NO5. The van der Waals surface area contributed by atoms with Crippen molar-refractivity contribution in [2.75, 3.05) is 13.2 Å². The van der Waals surface area contributed by atoms with Gasteiger partial charge in [0.05, 0.1) is 6.10 Å². The van der Waals surface area contributed by atoms with E-state index in [2.05, 4.69) is 20.8 Å². The van der Waals surface area contributed by atoms with Crippen LogP contribution in [-0.4, -0.2) is 48.0 Å². The largest absolute Gasteiger partial charge is 0.446 e. The van der Waals surface area contributed by atoms with Gasteiger partial charge in [0.1, 0.15) is 19.3 Å². The van der Waals surface area contributed by atoms with E-state index in [9.17, 15) is 14.4 Å². The summed E-state index contributed by atoms with van der Waals surface area (Å²) in [6.45, 7) is 7.64. The van der Waals surface area contributed by atoms with Crippen LogP contribution in [0.2, 0.25) is 0 Å². The molecule has 0 N–H and O–H groups in total. The summed E-state index contributed by atoms with van der Waals surface area (Å²) >= 11 is 0. The Morgan fingerprint density at radius 3 is 2.65 bits per heavy atom. The lowest BCUT2D eigenvalue weighted by atomic mass is 9.75. The van der Waals surface area contributed by atoms with Crippen molar-refractivity contribution in [1.82, 2.24) is 4.90 Å². The number of ether oxygens (including phenoxy) is 2. The highest BCUT2D eigenvalue weighted by atomic mass is 16.6. The van der Waals surface area contributed by atoms with Crippen LogP contribution >= 0.6 is 0 Å². The van der Waals surface area contributed by atoms with Gasteiger partial charge in [-0.2, -0.15) is 0 Å². The molecule has 1 aliphatic heterocycles. The van der Waals surface area contributed by atoms with Gasteiger partial charge in [0.25, 0.3) is 5.91 Å². The molecule has 4 atom stereocenters. The van der Waals surface area contributed by atoms with Crippen molar-refractivity contribution in [3.8, 4) is 0 Å². The Balaban J connectivity index is 1.96. The highest BCUT2D eigenvalue weighted by Crippen LogP contribution is 2.35. The van der Waals surface area contributed by atoms with Gasteiger partial charge in [-0.15, -0.1) is 0 Å². The number of Topliss-reactive ketones (excluding diaryl/α,β-unsaturated/α-hetero) is 1. The number of amides is 2. The molecule has 130 valence electrons. The lowest BCUT2D eigenvalue weighted by Gasteiger charge is -2.37. The summed E-state index contributed by atoms with van der Waals surface area (Å²) in [6, 6.07) is -0.815. The van der Waals surface area contributed by atoms with E-state index in [0.29, 0.717) is 17.8 Å². The second-order valence-corrected chi connectivity index (χ2v) is 7.14. The molecule has 1 aliphatic carbocycles. The highest BCUT2D eigenvalue weighted by molar-refractivity contribution is 6.00. The highest BCUT2D eigenvalue weighted by Gasteiger charge is 2.41. The summed E-state index contributed by atoms with van der Waals surface area (Å²) in [5.74, 6) is 0.744. The zero-order valence-electron chi connectivity index (χ0n) is 14.4. The quantitative estimate of drug-likeness (QED) is 0.776. The first-order valence-corrected chi connectivity index (χ1v) is 8.42. The number of rotatable bonds is 5. The smallest absolute Gasteiger partial charge is 0.417 e. The van der Waals surface area contributed by atoms with Crippen LogP contribution in [0.1, 0.15) is 47.0 Å². The standard InChI is InChI=1S/C17H27NO5/c1-10(2)13-6-5-11(3)7-15(13)22-9-16(20)18-14(12(4)19)8-23-17(18)21/h10-11,13-15H,5-9H2,1-4H3/t11-,13+,14+,15-/m1/s1. The third kappa shape index (κ3) is 4.10. The molecule has 0 bridgehead atoms. The third-order valence-corrected chi connectivity index (χ3v) is 4.99. The molecule has 1 saturated carbocycles. The summed E-state index contributed by atoms with van der Waals surface area (Å²) in [4.78, 5) is 36.4. The first-order chi connectivity index (χ1) is 10.8. The van der Waals surface area contributed by atoms with Gasteiger partial charge in [0.2, 0.25) is 0 Å². The van der Waals surface area contributed by atoms with Crippen molar-refractivity contribution >= 4 is 17.8 Å². The fourth-order valence-electron chi connectivity index (χ4n) is 3.55. The summed E-state index contributed by atoms with van der Waals surface area (Å²) in [6.07, 6.45) is 2.48. The molecule has 2 rings (SSSR count). The van der Waals surface area contributed by atoms with E-state index in [-0.39, 0.29) is 25.1 Å². The number of carbonyl (C=O) groups excluding carboxylic acids is 3. The van der Waals surface area contributed by atoms with E-state index in [4.69, 9.17) is 9.47 Å². The molecule has 0 spiro atoms. The Labute approximate surface area is 137 Å². The molecule has 0 aromatic heterocycles. The van der Waals surface area contributed by atoms with E-state index in [1.54, 1.807) is 0 Å². The zero-order valence-corrected chi connectivity index (χ0v) is 14.4. The minimum Gasteiger partial charge on any atom is -0.446 e. The molecule has 0 aromatic rings. The first-order valence-electron chi connectivity index (χ1n) is 8.42. The van der Waals surface area contributed by atoms with Crippen molar-refractivity contribution in [3.05, 3.63) is 0 Å². The van der Waals surface area contributed by atoms with Crippen LogP contribution in [0.4, 0.5) is 4.79 Å². The average molecular weight is 325 g/mol. The van der Waals surface area contributed by atoms with Crippen LogP contribution in [0, 0.1) is 17.8 Å². The lowest BCUT2D eigenvalue weighted by molar-refractivity contribution is -0.142. The topological polar surface area (TPSA) is 72.9 Å². The van der Waals surface area contributed by atoms with Gasteiger partial charge < -0.3 is 9.47 Å². The minimum atomic E-state index is -0.815. The average Bonchev–Trinajstić information content (AvgIpc) is 2.86. The van der Waals surface area contributed by atoms with Gasteiger partial charge in [0, 0.05) is 0 Å². The minimum absolute atomic E-state index is 0.0251. The van der Waals surface area contributed by atoms with Gasteiger partial charge in [0.15, 0.2) is 5.78 Å². The van der Waals surface area contributed by atoms with E-state index in [1.165, 1.54) is 13.3 Å². The van der Waals surface area contributed by atoms with E-state index < -0.39 is 18.0 Å². The summed E-state index contributed by atoms with van der Waals surface area (Å²) < 4.78 is 10.7. The van der Waals surface area contributed by atoms with Gasteiger partial charge >= 0.3 is 6.09 Å².